The molecule has 0 N–H and O–H groups in total. The lowest BCUT2D eigenvalue weighted by molar-refractivity contribution is 0.504. The minimum absolute atomic E-state index is 0.00518. The van der Waals surface area contributed by atoms with Crippen LogP contribution in [0.5, 0.6) is 0 Å². The molecule has 138 valence electrons. The number of sulfone groups is 1. The summed E-state index contributed by atoms with van der Waals surface area (Å²) in [5, 5.41) is 9.16. The van der Waals surface area contributed by atoms with Crippen LogP contribution < -0.4 is 5.76 Å². The third-order valence-electron chi connectivity index (χ3n) is 3.96. The molecule has 6 nitrogen and oxygen atoms in total. The molecule has 3 rings (SSSR count). The van der Waals surface area contributed by atoms with Crippen molar-refractivity contribution in [2.24, 2.45) is 0 Å². The van der Waals surface area contributed by atoms with Crippen molar-refractivity contribution in [1.82, 2.24) is 4.57 Å². The molecular formula is C18H12F2N2O4S. The van der Waals surface area contributed by atoms with Gasteiger partial charge in [0.2, 0.25) is 0 Å². The quantitative estimate of drug-likeness (QED) is 0.685. The highest BCUT2D eigenvalue weighted by molar-refractivity contribution is 7.90. The van der Waals surface area contributed by atoms with Gasteiger partial charge in [-0.25, -0.2) is 26.6 Å². The second-order valence-corrected chi connectivity index (χ2v) is 7.83. The van der Waals surface area contributed by atoms with E-state index in [2.05, 4.69) is 0 Å². The first-order valence-electron chi connectivity index (χ1n) is 7.54. The molecule has 0 aliphatic carbocycles. The summed E-state index contributed by atoms with van der Waals surface area (Å²) in [5.41, 5.74) is 1.18. The van der Waals surface area contributed by atoms with Gasteiger partial charge in [-0.05, 0) is 36.8 Å². The number of aromatic nitrogens is 1. The fourth-order valence-electron chi connectivity index (χ4n) is 2.68. The van der Waals surface area contributed by atoms with Crippen LogP contribution in [0.3, 0.4) is 0 Å². The highest BCUT2D eigenvalue weighted by Crippen LogP contribution is 2.28. The van der Waals surface area contributed by atoms with Gasteiger partial charge in [0, 0.05) is 11.8 Å². The Morgan fingerprint density at radius 1 is 1.15 bits per heavy atom. The molecule has 0 saturated heterocycles. The Hall–Kier alpha value is -3.25. The number of nitriles is 1. The molecular weight excluding hydrogens is 378 g/mol. The molecule has 0 radical (unpaired) electrons. The largest absolute Gasteiger partial charge is 0.424 e. The average Bonchev–Trinajstić information content (AvgIpc) is 2.95. The normalized spacial score (nSPS) is 11.4. The number of rotatable bonds is 3. The Balaban J connectivity index is 2.25. The van der Waals surface area contributed by atoms with Crippen molar-refractivity contribution in [2.45, 2.75) is 11.8 Å². The van der Waals surface area contributed by atoms with Gasteiger partial charge in [0.25, 0.3) is 0 Å². The average molecular weight is 390 g/mol. The van der Waals surface area contributed by atoms with Crippen molar-refractivity contribution in [2.75, 3.05) is 6.26 Å². The van der Waals surface area contributed by atoms with Crippen molar-refractivity contribution < 1.29 is 21.6 Å². The van der Waals surface area contributed by atoms with E-state index in [-0.39, 0.29) is 16.9 Å². The van der Waals surface area contributed by atoms with Gasteiger partial charge >= 0.3 is 5.76 Å². The van der Waals surface area contributed by atoms with Crippen LogP contribution >= 0.6 is 0 Å². The molecule has 0 spiro atoms. The number of aryl methyl sites for hydroxylation is 1. The van der Waals surface area contributed by atoms with Crippen LogP contribution in [0.4, 0.5) is 8.78 Å². The van der Waals surface area contributed by atoms with E-state index in [0.29, 0.717) is 17.4 Å². The maximum absolute atomic E-state index is 14.2. The Kier molecular flexibility index (Phi) is 4.45. The van der Waals surface area contributed by atoms with Crippen molar-refractivity contribution in [3.8, 4) is 23.0 Å². The Bertz CT molecular complexity index is 1240. The number of nitrogens with zero attached hydrogens (tertiary/aromatic N) is 2. The summed E-state index contributed by atoms with van der Waals surface area (Å²) in [5.74, 6) is -3.39. The van der Waals surface area contributed by atoms with Gasteiger partial charge in [-0.15, -0.1) is 0 Å². The molecule has 0 bridgehead atoms. The number of oxazole rings is 1. The van der Waals surface area contributed by atoms with E-state index in [1.54, 1.807) is 19.1 Å². The predicted octanol–water partition coefficient (Wildman–Crippen LogP) is 2.96. The third kappa shape index (κ3) is 3.27. The first-order valence-corrected chi connectivity index (χ1v) is 9.43. The summed E-state index contributed by atoms with van der Waals surface area (Å²) in [6.07, 6.45) is 1.69. The molecule has 0 amide bonds. The van der Waals surface area contributed by atoms with Gasteiger partial charge in [-0.3, -0.25) is 0 Å². The van der Waals surface area contributed by atoms with Gasteiger partial charge in [-0.1, -0.05) is 6.07 Å². The molecule has 1 aromatic heterocycles. The van der Waals surface area contributed by atoms with Crippen molar-refractivity contribution in [3.05, 3.63) is 69.9 Å². The zero-order chi connectivity index (χ0) is 19.9. The highest BCUT2D eigenvalue weighted by Gasteiger charge is 2.23. The van der Waals surface area contributed by atoms with Crippen LogP contribution in [0.2, 0.25) is 0 Å². The second kappa shape index (κ2) is 6.48. The first kappa shape index (κ1) is 18.5. The zero-order valence-corrected chi connectivity index (χ0v) is 15.0. The Morgan fingerprint density at radius 3 is 2.33 bits per heavy atom. The number of hydrogen-bond acceptors (Lipinski definition) is 5. The third-order valence-corrected chi connectivity index (χ3v) is 5.09. The molecule has 0 atom stereocenters. The van der Waals surface area contributed by atoms with Gasteiger partial charge in [-0.2, -0.15) is 5.26 Å². The van der Waals surface area contributed by atoms with Crippen molar-refractivity contribution in [1.29, 1.82) is 5.26 Å². The second-order valence-electron chi connectivity index (χ2n) is 5.87. The standard InChI is InChI=1S/C18H12F2N2O4S/c1-10-3-4-13(5-12(10)8-21)22-16(9-26-18(22)23)11-6-14(19)17(15(20)7-11)27(2,24)25/h3-7,9H,1-2H3. The van der Waals surface area contributed by atoms with E-state index >= 15 is 0 Å². The van der Waals surface area contributed by atoms with Crippen LogP contribution in [0.15, 0.2) is 50.7 Å². The van der Waals surface area contributed by atoms with E-state index in [4.69, 9.17) is 9.68 Å². The number of hydrogen-bond donors (Lipinski definition) is 0. The molecule has 2 aromatic carbocycles. The van der Waals surface area contributed by atoms with Gasteiger partial charge in [0.05, 0.1) is 23.0 Å². The molecule has 9 heteroatoms. The zero-order valence-electron chi connectivity index (χ0n) is 14.2. The lowest BCUT2D eigenvalue weighted by Crippen LogP contribution is -2.14. The van der Waals surface area contributed by atoms with E-state index in [1.165, 1.54) is 6.07 Å². The summed E-state index contributed by atoms with van der Waals surface area (Å²) in [4.78, 5) is 11.1. The molecule has 0 aliphatic heterocycles. The molecule has 0 fully saturated rings. The van der Waals surface area contributed by atoms with E-state index in [0.717, 1.165) is 23.0 Å². The fraction of sp³-hybridized carbons (Fsp3) is 0.111. The van der Waals surface area contributed by atoms with Crippen molar-refractivity contribution >= 4 is 9.84 Å². The van der Waals surface area contributed by atoms with Crippen molar-refractivity contribution in [3.63, 3.8) is 0 Å². The van der Waals surface area contributed by atoms with Crippen LogP contribution in [0, 0.1) is 29.9 Å². The van der Waals surface area contributed by atoms with Crippen LogP contribution in [-0.4, -0.2) is 19.2 Å². The topological polar surface area (TPSA) is 93.1 Å². The lowest BCUT2D eigenvalue weighted by Gasteiger charge is -2.10. The minimum atomic E-state index is -4.11. The Morgan fingerprint density at radius 2 is 1.78 bits per heavy atom. The summed E-state index contributed by atoms with van der Waals surface area (Å²) in [7, 11) is -4.11. The number of benzene rings is 2. The Labute approximate surface area is 152 Å². The summed E-state index contributed by atoms with van der Waals surface area (Å²) >= 11 is 0. The molecule has 1 heterocycles. The molecule has 3 aromatic rings. The molecule has 0 saturated carbocycles. The van der Waals surface area contributed by atoms with Gasteiger partial charge in [0.1, 0.15) is 22.8 Å². The summed E-state index contributed by atoms with van der Waals surface area (Å²) in [6.45, 7) is 1.72. The lowest BCUT2D eigenvalue weighted by atomic mass is 10.1. The van der Waals surface area contributed by atoms with E-state index in [1.807, 2.05) is 6.07 Å². The SMILES string of the molecule is Cc1ccc(-n2c(-c3cc(F)c(S(C)(=O)=O)c(F)c3)coc2=O)cc1C#N. The van der Waals surface area contributed by atoms with Crippen LogP contribution in [-0.2, 0) is 9.84 Å². The van der Waals surface area contributed by atoms with E-state index < -0.39 is 32.1 Å². The van der Waals surface area contributed by atoms with Gasteiger partial charge < -0.3 is 4.42 Å². The number of halogens is 2. The fourth-order valence-corrected chi connectivity index (χ4v) is 3.51. The monoisotopic (exact) mass is 390 g/mol. The maximum atomic E-state index is 14.2. The smallest absolute Gasteiger partial charge is 0.415 e. The van der Waals surface area contributed by atoms with Crippen LogP contribution in [0.1, 0.15) is 11.1 Å². The van der Waals surface area contributed by atoms with Gasteiger partial charge in [0.15, 0.2) is 9.84 Å². The predicted molar refractivity (Wildman–Crippen MR) is 92.2 cm³/mol. The molecule has 0 unspecified atom stereocenters. The summed E-state index contributed by atoms with van der Waals surface area (Å²) < 4.78 is 57.4. The molecule has 0 aliphatic rings. The molecule has 27 heavy (non-hydrogen) atoms. The van der Waals surface area contributed by atoms with Crippen LogP contribution in [0.25, 0.3) is 16.9 Å². The highest BCUT2D eigenvalue weighted by atomic mass is 32.2. The summed E-state index contributed by atoms with van der Waals surface area (Å²) in [6, 6.07) is 8.20. The maximum Gasteiger partial charge on any atom is 0.424 e. The minimum Gasteiger partial charge on any atom is -0.415 e. The van der Waals surface area contributed by atoms with E-state index in [9.17, 15) is 22.0 Å². The first-order chi connectivity index (χ1) is 12.6.